The number of ether oxygens (including phenoxy) is 12. The molecule has 5 heterocycles. The van der Waals surface area contributed by atoms with Gasteiger partial charge in [0, 0.05) is 71.5 Å². The molecule has 0 spiro atoms. The molecule has 0 radical (unpaired) electrons. The molecule has 30 heteroatoms. The fraction of sp³-hybridized carbons (Fsp3) is 0.607. The summed E-state index contributed by atoms with van der Waals surface area (Å²) >= 11 is 0. The Hall–Kier alpha value is -10.5. The number of anilines is 6. The first-order valence-corrected chi connectivity index (χ1v) is 50.5. The van der Waals surface area contributed by atoms with Crippen molar-refractivity contribution < 1.29 is 85.6 Å². The summed E-state index contributed by atoms with van der Waals surface area (Å²) in [5, 5.41) is 0. The second-order valence-corrected chi connectivity index (χ2v) is 36.6. The van der Waals surface area contributed by atoms with Gasteiger partial charge in [0.25, 0.3) is 0 Å². The minimum Gasteiger partial charge on any atom is -0.493 e. The highest BCUT2D eigenvalue weighted by molar-refractivity contribution is 5.95. The molecular formula is C107H168N12O18. The number of rotatable bonds is 43. The fourth-order valence-electron chi connectivity index (χ4n) is 16.1. The highest BCUT2D eigenvalue weighted by atomic mass is 16.6. The molecule has 5 aliphatic heterocycles. The maximum atomic E-state index is 12.4. The maximum Gasteiger partial charge on any atom is 0.341 e. The molecule has 6 atom stereocenters. The average Bonchev–Trinajstić information content (AvgIpc) is 0.928. The number of esters is 6. The standard InChI is InChI=1S/2C19H30N2O3.2C18H28N2O3.C17H26N2O3.C16H26N2O3/c1-3-4-12-23-18-13-16(20)8-9-17(18)19(22)24-14-15(2)21-10-6-5-7-11-21;1-3-4-12-23-18-13-16(8-9-17(18)20)19(22)24-14-15(2)21-10-6-5-7-11-21;1-3-11-22-17-12-15(19)7-8-16(17)18(21)23-13-14(2)20-9-5-4-6-10-20;1-3-11-22-17-12-15(7-8-16(17)19)18(21)23-13-14(2)20-9-5-4-6-10-20;1-3-21-16-11-14(18)7-8-15(16)17(20)22-12-13(2)19-9-5-4-6-10-19;1-6-20-15-9-12(7-8-13(15)17)16(19)21-10-14(11(2)3)18(4)5/h2*8-9,13,15H,3-7,10-12,14,20H2,1-2H3;2*7-8,12,14H,3-6,9-11,13,19H2,1-2H3;7-8,11,13H,3-6,9-10,12,18H2,1-2H3;7-9,11,14H,6,10,17H2,1-5H3/t2*15-;2*14-;13-;14-/m000001/s1. The third-order valence-electron chi connectivity index (χ3n) is 24.6. The Bertz CT molecular complexity index is 4480. The zero-order valence-electron chi connectivity index (χ0n) is 85.3. The van der Waals surface area contributed by atoms with E-state index in [1.807, 2.05) is 41.8 Å². The van der Waals surface area contributed by atoms with Crippen molar-refractivity contribution in [2.75, 3.05) is 193 Å². The van der Waals surface area contributed by atoms with Gasteiger partial charge in [-0.1, -0.05) is 86.5 Å². The lowest BCUT2D eigenvalue weighted by molar-refractivity contribution is 0.0336. The van der Waals surface area contributed by atoms with Crippen LogP contribution >= 0.6 is 0 Å². The van der Waals surface area contributed by atoms with Crippen molar-refractivity contribution >= 4 is 69.9 Å². The van der Waals surface area contributed by atoms with Gasteiger partial charge in [-0.15, -0.1) is 0 Å². The van der Waals surface area contributed by atoms with E-state index in [1.54, 1.807) is 109 Å². The van der Waals surface area contributed by atoms with Crippen LogP contribution in [0.3, 0.4) is 0 Å². The Morgan fingerprint density at radius 1 is 0.285 bits per heavy atom. The van der Waals surface area contributed by atoms with Crippen molar-refractivity contribution in [2.45, 2.75) is 261 Å². The largest absolute Gasteiger partial charge is 0.493 e. The predicted octanol–water partition coefficient (Wildman–Crippen LogP) is 18.2. The maximum absolute atomic E-state index is 12.4. The topological polar surface area (TPSA) is 389 Å². The van der Waals surface area contributed by atoms with Gasteiger partial charge in [0.1, 0.15) is 90.8 Å². The summed E-state index contributed by atoms with van der Waals surface area (Å²) in [6.07, 6.45) is 24.5. The number of nitrogen functional groups attached to an aromatic ring is 6. The van der Waals surface area contributed by atoms with Crippen LogP contribution in [0.4, 0.5) is 34.1 Å². The van der Waals surface area contributed by atoms with E-state index in [4.69, 9.17) is 91.2 Å². The average molecular weight is 1910 g/mol. The molecule has 6 aromatic carbocycles. The van der Waals surface area contributed by atoms with Crippen molar-refractivity contribution in [3.63, 3.8) is 0 Å². The van der Waals surface area contributed by atoms with Crippen LogP contribution in [0.25, 0.3) is 0 Å². The fourth-order valence-corrected chi connectivity index (χ4v) is 16.1. The number of carbonyl (C=O) groups is 6. The van der Waals surface area contributed by atoms with E-state index in [-0.39, 0.29) is 72.1 Å². The normalized spacial score (nSPS) is 16.1. The van der Waals surface area contributed by atoms with Crippen LogP contribution in [-0.2, 0) is 28.4 Å². The van der Waals surface area contributed by atoms with Crippen LogP contribution < -0.4 is 62.8 Å². The van der Waals surface area contributed by atoms with Crippen LogP contribution in [0.1, 0.15) is 287 Å². The van der Waals surface area contributed by atoms with E-state index >= 15 is 0 Å². The summed E-state index contributed by atoms with van der Waals surface area (Å²) in [5.74, 6) is 1.47. The molecule has 764 valence electrons. The summed E-state index contributed by atoms with van der Waals surface area (Å²) in [6, 6.07) is 31.6. The number of nitrogens with zero attached hydrogens (tertiary/aromatic N) is 6. The van der Waals surface area contributed by atoms with Crippen molar-refractivity contribution in [2.24, 2.45) is 5.92 Å². The van der Waals surface area contributed by atoms with Crippen molar-refractivity contribution in [3.8, 4) is 34.5 Å². The van der Waals surface area contributed by atoms with Crippen LogP contribution in [0, 0.1) is 5.92 Å². The van der Waals surface area contributed by atoms with Gasteiger partial charge in [-0.25, -0.2) is 28.8 Å². The summed E-state index contributed by atoms with van der Waals surface area (Å²) in [4.78, 5) is 87.7. The Labute approximate surface area is 818 Å². The van der Waals surface area contributed by atoms with Crippen molar-refractivity contribution in [3.05, 3.63) is 143 Å². The van der Waals surface area contributed by atoms with Crippen LogP contribution in [0.2, 0.25) is 0 Å². The second kappa shape index (κ2) is 64.6. The van der Waals surface area contributed by atoms with Gasteiger partial charge >= 0.3 is 35.8 Å². The highest BCUT2D eigenvalue weighted by Crippen LogP contribution is 2.31. The molecular weight excluding hydrogens is 1740 g/mol. The number of piperidine rings is 5. The van der Waals surface area contributed by atoms with Gasteiger partial charge in [-0.3, -0.25) is 24.5 Å². The van der Waals surface area contributed by atoms with E-state index in [1.165, 1.54) is 96.3 Å². The number of likely N-dealkylation sites (tertiary alicyclic amines) is 5. The molecule has 0 aliphatic carbocycles. The first kappa shape index (κ1) is 115. The number of hydrogen-bond acceptors (Lipinski definition) is 30. The van der Waals surface area contributed by atoms with Gasteiger partial charge in [-0.2, -0.15) is 0 Å². The quantitative estimate of drug-likeness (QED) is 0.00896. The number of unbranched alkanes of at least 4 members (excludes halogenated alkanes) is 2. The van der Waals surface area contributed by atoms with E-state index in [2.05, 4.69) is 91.7 Å². The molecule has 5 saturated heterocycles. The van der Waals surface area contributed by atoms with Gasteiger partial charge in [0.15, 0.2) is 0 Å². The van der Waals surface area contributed by atoms with E-state index in [0.717, 1.165) is 104 Å². The van der Waals surface area contributed by atoms with Crippen molar-refractivity contribution in [1.82, 2.24) is 29.4 Å². The Kier molecular flexibility index (Phi) is 54.3. The first-order chi connectivity index (χ1) is 65.9. The van der Waals surface area contributed by atoms with E-state index in [9.17, 15) is 28.8 Å². The molecule has 0 bridgehead atoms. The van der Waals surface area contributed by atoms with Gasteiger partial charge in [-0.05, 0) is 315 Å². The van der Waals surface area contributed by atoms with Gasteiger partial charge in [0.05, 0.1) is 73.4 Å². The third-order valence-corrected chi connectivity index (χ3v) is 24.6. The van der Waals surface area contributed by atoms with Crippen LogP contribution in [-0.4, -0.2) is 260 Å². The van der Waals surface area contributed by atoms with E-state index < -0.39 is 0 Å². The van der Waals surface area contributed by atoms with Crippen molar-refractivity contribution in [1.29, 1.82) is 0 Å². The zero-order valence-corrected chi connectivity index (χ0v) is 85.3. The van der Waals surface area contributed by atoms with Gasteiger partial charge < -0.3 is 96.1 Å². The predicted molar refractivity (Wildman–Crippen MR) is 548 cm³/mol. The summed E-state index contributed by atoms with van der Waals surface area (Å²) < 4.78 is 66.3. The third kappa shape index (κ3) is 42.0. The summed E-state index contributed by atoms with van der Waals surface area (Å²) in [5.41, 5.74) is 41.0. The van der Waals surface area contributed by atoms with Crippen LogP contribution in [0.5, 0.6) is 34.5 Å². The molecule has 0 amide bonds. The highest BCUT2D eigenvalue weighted by Gasteiger charge is 2.28. The summed E-state index contributed by atoms with van der Waals surface area (Å²) in [6.45, 7) is 43.3. The zero-order chi connectivity index (χ0) is 100.0. The molecule has 0 unspecified atom stereocenters. The molecule has 11 rings (SSSR count). The number of likely N-dealkylation sites (N-methyl/N-ethyl adjacent to an activating group) is 1. The molecule has 5 aliphatic rings. The Morgan fingerprint density at radius 3 is 0.788 bits per heavy atom. The lowest BCUT2D eigenvalue weighted by Gasteiger charge is -2.31. The lowest BCUT2D eigenvalue weighted by atomic mass is 10.0. The minimum atomic E-state index is -0.358. The van der Waals surface area contributed by atoms with E-state index in [0.29, 0.717) is 187 Å². The lowest BCUT2D eigenvalue weighted by Crippen LogP contribution is -2.40. The first-order valence-electron chi connectivity index (χ1n) is 50.5. The molecule has 30 nitrogen and oxygen atoms in total. The SMILES string of the molecule is CCCCOc1cc(C(=O)OC[C@H](C)N2CCCCC2)ccc1N.CCCCOc1cc(N)ccc1C(=O)OC[C@H](C)N1CCCCC1.CCCOc1cc(C(=O)OC[C@H](C)N2CCCCC2)ccc1N.CCCOc1cc(N)ccc1C(=O)OC[C@H](C)N1CCCCC1.CCOc1cc(C(=O)OC[C@H](C(C)C)N(C)C)ccc1N.CCOc1cc(N)ccc1C(=O)OC[C@H](C)N1CCCCC1. The second-order valence-electron chi connectivity index (χ2n) is 36.6. The number of hydrogen-bond donors (Lipinski definition) is 6. The molecule has 12 N–H and O–H groups in total. The smallest absolute Gasteiger partial charge is 0.341 e. The number of nitrogens with two attached hydrogens (primary N) is 6. The Morgan fingerprint density at radius 2 is 0.526 bits per heavy atom. The molecule has 6 aromatic rings. The van der Waals surface area contributed by atoms with Crippen LogP contribution in [0.15, 0.2) is 109 Å². The number of benzene rings is 6. The number of carbonyl (C=O) groups excluding carboxylic acids is 6. The molecule has 0 saturated carbocycles. The minimum absolute atomic E-state index is 0.189. The molecule has 5 fully saturated rings. The Balaban J connectivity index is 0.000000252. The molecule has 137 heavy (non-hydrogen) atoms. The molecule has 0 aromatic heterocycles. The summed E-state index contributed by atoms with van der Waals surface area (Å²) in [7, 11) is 3.96. The monoisotopic (exact) mass is 1910 g/mol. The van der Waals surface area contributed by atoms with Gasteiger partial charge in [0.2, 0.25) is 0 Å².